The molecular formula is C11H15FN2O2. The molecular weight excluding hydrogens is 211 g/mol. The van der Waals surface area contributed by atoms with Crippen molar-refractivity contribution in [2.24, 2.45) is 5.73 Å². The molecule has 0 fully saturated rings. The van der Waals surface area contributed by atoms with Crippen molar-refractivity contribution in [2.45, 2.75) is 6.92 Å². The number of carbonyl (C=O) groups excluding carboxylic acids is 1. The van der Waals surface area contributed by atoms with Gasteiger partial charge < -0.3 is 15.8 Å². The molecule has 16 heavy (non-hydrogen) atoms. The van der Waals surface area contributed by atoms with Gasteiger partial charge >= 0.3 is 0 Å². The Bertz CT molecular complexity index is 369. The Labute approximate surface area is 93.6 Å². The first-order valence-corrected chi connectivity index (χ1v) is 4.97. The van der Waals surface area contributed by atoms with E-state index in [4.69, 9.17) is 10.5 Å². The van der Waals surface area contributed by atoms with E-state index in [9.17, 15) is 9.18 Å². The lowest BCUT2D eigenvalue weighted by Crippen LogP contribution is -2.20. The van der Waals surface area contributed by atoms with Crippen molar-refractivity contribution in [2.75, 3.05) is 25.1 Å². The number of hydrogen-bond acceptors (Lipinski definition) is 3. The van der Waals surface area contributed by atoms with Gasteiger partial charge in [0.25, 0.3) is 0 Å². The number of rotatable bonds is 5. The third-order valence-electron chi connectivity index (χ3n) is 1.94. The Morgan fingerprint density at radius 1 is 1.56 bits per heavy atom. The molecule has 1 aromatic carbocycles. The van der Waals surface area contributed by atoms with Crippen LogP contribution in [0, 0.1) is 12.7 Å². The van der Waals surface area contributed by atoms with Gasteiger partial charge in [-0.05, 0) is 30.7 Å². The second kappa shape index (κ2) is 6.19. The summed E-state index contributed by atoms with van der Waals surface area (Å²) in [4.78, 5) is 11.3. The van der Waals surface area contributed by atoms with Gasteiger partial charge in [-0.25, -0.2) is 4.39 Å². The first-order chi connectivity index (χ1) is 7.63. The van der Waals surface area contributed by atoms with Crippen LogP contribution in [0.4, 0.5) is 10.1 Å². The van der Waals surface area contributed by atoms with E-state index in [1.807, 2.05) is 0 Å². The third-order valence-corrected chi connectivity index (χ3v) is 1.94. The van der Waals surface area contributed by atoms with Gasteiger partial charge in [-0.2, -0.15) is 0 Å². The normalized spacial score (nSPS) is 10.2. The zero-order chi connectivity index (χ0) is 12.0. The van der Waals surface area contributed by atoms with Gasteiger partial charge in [0.2, 0.25) is 5.91 Å². The van der Waals surface area contributed by atoms with Crippen LogP contribution in [0.3, 0.4) is 0 Å². The average Bonchev–Trinajstić information content (AvgIpc) is 2.24. The lowest BCUT2D eigenvalue weighted by molar-refractivity contribution is -0.120. The molecule has 0 saturated heterocycles. The molecule has 3 N–H and O–H groups in total. The van der Waals surface area contributed by atoms with Gasteiger partial charge in [0.05, 0.1) is 6.61 Å². The molecule has 88 valence electrons. The van der Waals surface area contributed by atoms with E-state index in [0.29, 0.717) is 24.4 Å². The van der Waals surface area contributed by atoms with Crippen LogP contribution in [0.5, 0.6) is 0 Å². The molecule has 1 rings (SSSR count). The summed E-state index contributed by atoms with van der Waals surface area (Å²) in [5.41, 5.74) is 6.25. The molecule has 0 aliphatic rings. The van der Waals surface area contributed by atoms with Gasteiger partial charge in [-0.15, -0.1) is 0 Å². The van der Waals surface area contributed by atoms with Gasteiger partial charge in [0, 0.05) is 12.2 Å². The van der Waals surface area contributed by atoms with E-state index in [1.165, 1.54) is 12.1 Å². The predicted molar refractivity (Wildman–Crippen MR) is 59.6 cm³/mol. The smallest absolute Gasteiger partial charge is 0.250 e. The molecule has 1 amide bonds. The molecule has 0 atom stereocenters. The standard InChI is InChI=1S/C11H15FN2O2/c1-8-6-9(2-3-10(8)12)14-11(15)7-16-5-4-13/h2-3,6H,4-5,7,13H2,1H3,(H,14,15). The zero-order valence-electron chi connectivity index (χ0n) is 9.13. The zero-order valence-corrected chi connectivity index (χ0v) is 9.13. The number of aryl methyl sites for hydroxylation is 1. The highest BCUT2D eigenvalue weighted by Crippen LogP contribution is 2.13. The van der Waals surface area contributed by atoms with Crippen LogP contribution in [0.2, 0.25) is 0 Å². The number of benzene rings is 1. The summed E-state index contributed by atoms with van der Waals surface area (Å²) in [7, 11) is 0. The first-order valence-electron chi connectivity index (χ1n) is 4.97. The fourth-order valence-corrected chi connectivity index (χ4v) is 1.17. The SMILES string of the molecule is Cc1cc(NC(=O)COCCN)ccc1F. The Morgan fingerprint density at radius 3 is 2.94 bits per heavy atom. The Hall–Kier alpha value is -1.46. The van der Waals surface area contributed by atoms with Crippen LogP contribution in [0.15, 0.2) is 18.2 Å². The molecule has 0 unspecified atom stereocenters. The van der Waals surface area contributed by atoms with Crippen LogP contribution in [0.25, 0.3) is 0 Å². The third kappa shape index (κ3) is 3.96. The van der Waals surface area contributed by atoms with Crippen molar-refractivity contribution in [3.8, 4) is 0 Å². The van der Waals surface area contributed by atoms with E-state index in [0.717, 1.165) is 0 Å². The van der Waals surface area contributed by atoms with Crippen LogP contribution in [-0.4, -0.2) is 25.7 Å². The second-order valence-electron chi connectivity index (χ2n) is 3.35. The summed E-state index contributed by atoms with van der Waals surface area (Å²) in [5, 5.41) is 2.60. The molecule has 0 heterocycles. The van der Waals surface area contributed by atoms with Gasteiger partial charge in [0.1, 0.15) is 12.4 Å². The van der Waals surface area contributed by atoms with E-state index in [1.54, 1.807) is 13.0 Å². The van der Waals surface area contributed by atoms with Crippen LogP contribution < -0.4 is 11.1 Å². The maximum absolute atomic E-state index is 12.9. The number of halogens is 1. The molecule has 0 radical (unpaired) electrons. The molecule has 0 spiro atoms. The molecule has 0 aliphatic heterocycles. The number of nitrogens with one attached hydrogen (secondary N) is 1. The Kier molecular flexibility index (Phi) is 4.88. The second-order valence-corrected chi connectivity index (χ2v) is 3.35. The molecule has 0 aliphatic carbocycles. The van der Waals surface area contributed by atoms with Crippen molar-refractivity contribution in [3.05, 3.63) is 29.6 Å². The maximum Gasteiger partial charge on any atom is 0.250 e. The topological polar surface area (TPSA) is 64.3 Å². The number of nitrogens with two attached hydrogens (primary N) is 1. The summed E-state index contributed by atoms with van der Waals surface area (Å²) < 4.78 is 17.9. The molecule has 5 heteroatoms. The van der Waals surface area contributed by atoms with Crippen molar-refractivity contribution in [3.63, 3.8) is 0 Å². The van der Waals surface area contributed by atoms with Crippen molar-refractivity contribution < 1.29 is 13.9 Å². The van der Waals surface area contributed by atoms with Crippen LogP contribution in [0.1, 0.15) is 5.56 Å². The monoisotopic (exact) mass is 226 g/mol. The number of amides is 1. The number of carbonyl (C=O) groups is 1. The predicted octanol–water partition coefficient (Wildman–Crippen LogP) is 1.05. The minimum atomic E-state index is -0.294. The van der Waals surface area contributed by atoms with E-state index in [-0.39, 0.29) is 18.3 Å². The summed E-state index contributed by atoms with van der Waals surface area (Å²) >= 11 is 0. The van der Waals surface area contributed by atoms with E-state index < -0.39 is 0 Å². The number of anilines is 1. The van der Waals surface area contributed by atoms with Crippen LogP contribution in [-0.2, 0) is 9.53 Å². The number of ether oxygens (including phenoxy) is 1. The minimum absolute atomic E-state index is 0.0480. The molecule has 0 bridgehead atoms. The quantitative estimate of drug-likeness (QED) is 0.737. The largest absolute Gasteiger partial charge is 0.370 e. The Morgan fingerprint density at radius 2 is 2.31 bits per heavy atom. The van der Waals surface area contributed by atoms with Crippen molar-refractivity contribution in [1.82, 2.24) is 0 Å². The molecule has 0 aromatic heterocycles. The fraction of sp³-hybridized carbons (Fsp3) is 0.364. The maximum atomic E-state index is 12.9. The van der Waals surface area contributed by atoms with Gasteiger partial charge in [0.15, 0.2) is 0 Å². The first kappa shape index (κ1) is 12.6. The molecule has 0 saturated carbocycles. The molecule has 4 nitrogen and oxygen atoms in total. The summed E-state index contributed by atoms with van der Waals surface area (Å²) in [6.07, 6.45) is 0. The Balaban J connectivity index is 2.46. The molecule has 1 aromatic rings. The minimum Gasteiger partial charge on any atom is -0.370 e. The van der Waals surface area contributed by atoms with Crippen molar-refractivity contribution in [1.29, 1.82) is 0 Å². The highest BCUT2D eigenvalue weighted by Gasteiger charge is 2.04. The fourth-order valence-electron chi connectivity index (χ4n) is 1.17. The number of hydrogen-bond donors (Lipinski definition) is 2. The summed E-state index contributed by atoms with van der Waals surface area (Å²) in [6, 6.07) is 4.38. The summed E-state index contributed by atoms with van der Waals surface area (Å²) in [6.45, 7) is 2.31. The average molecular weight is 226 g/mol. The highest BCUT2D eigenvalue weighted by atomic mass is 19.1. The lowest BCUT2D eigenvalue weighted by Gasteiger charge is -2.06. The van der Waals surface area contributed by atoms with Gasteiger partial charge in [-0.1, -0.05) is 0 Å². The van der Waals surface area contributed by atoms with E-state index >= 15 is 0 Å². The highest BCUT2D eigenvalue weighted by molar-refractivity contribution is 5.91. The van der Waals surface area contributed by atoms with Crippen LogP contribution >= 0.6 is 0 Å². The van der Waals surface area contributed by atoms with Gasteiger partial charge in [-0.3, -0.25) is 4.79 Å². The van der Waals surface area contributed by atoms with E-state index in [2.05, 4.69) is 5.32 Å². The lowest BCUT2D eigenvalue weighted by atomic mass is 10.2. The summed E-state index contributed by atoms with van der Waals surface area (Å²) in [5.74, 6) is -0.572. The van der Waals surface area contributed by atoms with Crippen molar-refractivity contribution >= 4 is 11.6 Å².